The number of hydrogen-bond donors (Lipinski definition) is 0. The van der Waals surface area contributed by atoms with Gasteiger partial charge in [0, 0.05) is 0 Å². The lowest BCUT2D eigenvalue weighted by Gasteiger charge is -2.38. The fourth-order valence-corrected chi connectivity index (χ4v) is 3.53. The monoisotopic (exact) mass is 404 g/mol. The van der Waals surface area contributed by atoms with E-state index in [0.29, 0.717) is 6.42 Å². The number of esters is 3. The number of carbonyl (C=O) groups is 3. The van der Waals surface area contributed by atoms with Crippen LogP contribution in [0, 0.1) is 12.3 Å². The Morgan fingerprint density at radius 1 is 0.966 bits per heavy atom. The second-order valence-electron chi connectivity index (χ2n) is 8.32. The van der Waals surface area contributed by atoms with Gasteiger partial charge < -0.3 is 14.2 Å². The molecule has 0 saturated heterocycles. The number of benzene rings is 1. The maximum Gasteiger partial charge on any atom is 0.345 e. The van der Waals surface area contributed by atoms with E-state index in [2.05, 4.69) is 0 Å². The molecule has 6 heteroatoms. The summed E-state index contributed by atoms with van der Waals surface area (Å²) in [6.45, 7) is 6.34. The van der Waals surface area contributed by atoms with Crippen molar-refractivity contribution in [3.63, 3.8) is 0 Å². The van der Waals surface area contributed by atoms with Gasteiger partial charge in [-0.25, -0.2) is 9.59 Å². The minimum Gasteiger partial charge on any atom is -0.453 e. The summed E-state index contributed by atoms with van der Waals surface area (Å²) in [6, 6.07) is 7.90. The predicted molar refractivity (Wildman–Crippen MR) is 108 cm³/mol. The van der Waals surface area contributed by atoms with Gasteiger partial charge in [-0.3, -0.25) is 4.79 Å². The Bertz CT molecular complexity index is 731. The molecule has 0 heterocycles. The summed E-state index contributed by atoms with van der Waals surface area (Å²) in [5.41, 5.74) is 0.741. The summed E-state index contributed by atoms with van der Waals surface area (Å²) in [5, 5.41) is 0. The molecule has 0 radical (unpaired) electrons. The highest BCUT2D eigenvalue weighted by molar-refractivity contribution is 5.81. The number of aryl methyl sites for hydroxylation is 1. The lowest BCUT2D eigenvalue weighted by molar-refractivity contribution is -0.177. The highest BCUT2D eigenvalue weighted by Gasteiger charge is 2.39. The van der Waals surface area contributed by atoms with Crippen LogP contribution in [0.2, 0.25) is 0 Å². The molecule has 29 heavy (non-hydrogen) atoms. The summed E-state index contributed by atoms with van der Waals surface area (Å²) in [5.74, 6) is -1.83. The van der Waals surface area contributed by atoms with Crippen LogP contribution < -0.4 is 0 Å². The molecule has 0 spiro atoms. The first kappa shape index (κ1) is 22.9. The van der Waals surface area contributed by atoms with Crippen molar-refractivity contribution in [1.29, 1.82) is 0 Å². The minimum absolute atomic E-state index is 0.472. The Morgan fingerprint density at radius 2 is 1.59 bits per heavy atom. The van der Waals surface area contributed by atoms with E-state index in [4.69, 9.17) is 14.2 Å². The Labute approximate surface area is 172 Å². The Kier molecular flexibility index (Phi) is 7.82. The lowest BCUT2D eigenvalue weighted by Crippen LogP contribution is -2.37. The summed E-state index contributed by atoms with van der Waals surface area (Å²) < 4.78 is 15.8. The average molecular weight is 405 g/mol. The molecule has 0 atom stereocenters. The van der Waals surface area contributed by atoms with E-state index in [-0.39, 0.29) is 0 Å². The fourth-order valence-electron chi connectivity index (χ4n) is 3.53. The SMILES string of the molecule is CCC(C)(C)C(=O)OCC(=O)OCC(=O)OC1(c2ccccc2C)CCCCC1. The standard InChI is InChI=1S/C23H32O6/c1-5-22(3,4)21(26)28-15-19(24)27-16-20(25)29-23(13-9-6-10-14-23)18-12-8-7-11-17(18)2/h7-8,11-12H,5-6,9-10,13-16H2,1-4H3. The van der Waals surface area contributed by atoms with Crippen molar-refractivity contribution >= 4 is 17.9 Å². The van der Waals surface area contributed by atoms with Crippen LogP contribution in [-0.4, -0.2) is 31.1 Å². The van der Waals surface area contributed by atoms with Crippen molar-refractivity contribution in [2.75, 3.05) is 13.2 Å². The van der Waals surface area contributed by atoms with Crippen LogP contribution in [0.5, 0.6) is 0 Å². The molecule has 1 aromatic carbocycles. The highest BCUT2D eigenvalue weighted by Crippen LogP contribution is 2.41. The summed E-state index contributed by atoms with van der Waals surface area (Å²) in [7, 11) is 0. The molecule has 0 unspecified atom stereocenters. The normalized spacial score (nSPS) is 16.0. The maximum atomic E-state index is 12.4. The van der Waals surface area contributed by atoms with Crippen LogP contribution in [0.4, 0.5) is 0 Å². The molecule has 1 aliphatic carbocycles. The average Bonchev–Trinajstić information content (AvgIpc) is 2.71. The Hall–Kier alpha value is -2.37. The quantitative estimate of drug-likeness (QED) is 0.477. The topological polar surface area (TPSA) is 78.9 Å². The first-order valence-corrected chi connectivity index (χ1v) is 10.3. The Morgan fingerprint density at radius 3 is 2.21 bits per heavy atom. The molecule has 160 valence electrons. The minimum atomic E-state index is -0.768. The maximum absolute atomic E-state index is 12.4. The van der Waals surface area contributed by atoms with Crippen molar-refractivity contribution in [2.24, 2.45) is 5.41 Å². The van der Waals surface area contributed by atoms with Crippen LogP contribution in [0.1, 0.15) is 70.4 Å². The zero-order valence-electron chi connectivity index (χ0n) is 17.9. The van der Waals surface area contributed by atoms with E-state index in [1.54, 1.807) is 13.8 Å². The van der Waals surface area contributed by atoms with E-state index in [1.165, 1.54) is 0 Å². The molecule has 0 bridgehead atoms. The van der Waals surface area contributed by atoms with E-state index in [9.17, 15) is 14.4 Å². The van der Waals surface area contributed by atoms with Crippen LogP contribution in [0.25, 0.3) is 0 Å². The molecular weight excluding hydrogens is 372 g/mol. The van der Waals surface area contributed by atoms with Gasteiger partial charge in [0.2, 0.25) is 0 Å². The predicted octanol–water partition coefficient (Wildman–Crippen LogP) is 4.22. The van der Waals surface area contributed by atoms with E-state index in [0.717, 1.165) is 43.2 Å². The van der Waals surface area contributed by atoms with Crippen molar-refractivity contribution in [2.45, 2.75) is 71.8 Å². The third-order valence-corrected chi connectivity index (χ3v) is 5.71. The smallest absolute Gasteiger partial charge is 0.345 e. The summed E-state index contributed by atoms with van der Waals surface area (Å²) in [6.07, 6.45) is 5.16. The lowest BCUT2D eigenvalue weighted by atomic mass is 9.78. The molecule has 0 amide bonds. The number of hydrogen-bond acceptors (Lipinski definition) is 6. The zero-order chi connectivity index (χ0) is 21.5. The second kappa shape index (κ2) is 9.90. The molecular formula is C23H32O6. The van der Waals surface area contributed by atoms with Crippen LogP contribution in [0.3, 0.4) is 0 Å². The van der Waals surface area contributed by atoms with Gasteiger partial charge in [-0.1, -0.05) is 37.6 Å². The van der Waals surface area contributed by atoms with E-state index < -0.39 is 42.1 Å². The van der Waals surface area contributed by atoms with Crippen molar-refractivity contribution in [3.8, 4) is 0 Å². The number of ether oxygens (including phenoxy) is 3. The first-order valence-electron chi connectivity index (χ1n) is 10.3. The van der Waals surface area contributed by atoms with Gasteiger partial charge >= 0.3 is 17.9 Å². The van der Waals surface area contributed by atoms with Crippen LogP contribution in [-0.2, 0) is 34.2 Å². The molecule has 1 fully saturated rings. The Balaban J connectivity index is 1.92. The highest BCUT2D eigenvalue weighted by atomic mass is 16.6. The van der Waals surface area contributed by atoms with Gasteiger partial charge in [0.05, 0.1) is 5.41 Å². The third kappa shape index (κ3) is 6.05. The fraction of sp³-hybridized carbons (Fsp3) is 0.609. The molecule has 0 aliphatic heterocycles. The molecule has 0 N–H and O–H groups in total. The molecule has 2 rings (SSSR count). The first-order chi connectivity index (χ1) is 13.7. The van der Waals surface area contributed by atoms with Crippen molar-refractivity contribution < 1.29 is 28.6 Å². The molecule has 0 aromatic heterocycles. The van der Waals surface area contributed by atoms with Gasteiger partial charge in [0.25, 0.3) is 0 Å². The van der Waals surface area contributed by atoms with Gasteiger partial charge in [-0.2, -0.15) is 0 Å². The second-order valence-corrected chi connectivity index (χ2v) is 8.32. The largest absolute Gasteiger partial charge is 0.453 e. The van der Waals surface area contributed by atoms with Gasteiger partial charge in [-0.15, -0.1) is 0 Å². The zero-order valence-corrected chi connectivity index (χ0v) is 17.9. The van der Waals surface area contributed by atoms with E-state index in [1.807, 2.05) is 38.1 Å². The van der Waals surface area contributed by atoms with Gasteiger partial charge in [0.15, 0.2) is 13.2 Å². The van der Waals surface area contributed by atoms with Gasteiger partial charge in [0.1, 0.15) is 5.60 Å². The third-order valence-electron chi connectivity index (χ3n) is 5.71. The van der Waals surface area contributed by atoms with Gasteiger partial charge in [-0.05, 0) is 64.0 Å². The summed E-state index contributed by atoms with van der Waals surface area (Å²) in [4.78, 5) is 36.2. The van der Waals surface area contributed by atoms with Crippen molar-refractivity contribution in [1.82, 2.24) is 0 Å². The van der Waals surface area contributed by atoms with E-state index >= 15 is 0 Å². The molecule has 1 aromatic rings. The van der Waals surface area contributed by atoms with Crippen molar-refractivity contribution in [3.05, 3.63) is 35.4 Å². The molecule has 1 aliphatic rings. The molecule has 1 saturated carbocycles. The molecule has 6 nitrogen and oxygen atoms in total. The number of rotatable bonds is 8. The summed E-state index contributed by atoms with van der Waals surface area (Å²) >= 11 is 0. The van der Waals surface area contributed by atoms with Crippen LogP contribution >= 0.6 is 0 Å². The van der Waals surface area contributed by atoms with Crippen LogP contribution in [0.15, 0.2) is 24.3 Å². The number of carbonyl (C=O) groups excluding carboxylic acids is 3.